The summed E-state index contributed by atoms with van der Waals surface area (Å²) in [6.07, 6.45) is 6.82. The predicted molar refractivity (Wildman–Crippen MR) is 47.9 cm³/mol. The van der Waals surface area contributed by atoms with Gasteiger partial charge in [-0.2, -0.15) is 5.10 Å². The van der Waals surface area contributed by atoms with Crippen molar-refractivity contribution in [1.82, 2.24) is 20.2 Å². The van der Waals surface area contributed by atoms with E-state index in [0.29, 0.717) is 6.54 Å². The van der Waals surface area contributed by atoms with Gasteiger partial charge in [-0.3, -0.25) is 5.10 Å². The molecule has 0 aliphatic heterocycles. The molecule has 0 amide bonds. The first kappa shape index (κ1) is 7.72. The van der Waals surface area contributed by atoms with Gasteiger partial charge in [0.1, 0.15) is 12.1 Å². The third-order valence-corrected chi connectivity index (χ3v) is 1.61. The Morgan fingerprint density at radius 1 is 1.46 bits per heavy atom. The quantitative estimate of drug-likeness (QED) is 0.724. The van der Waals surface area contributed by atoms with E-state index in [0.717, 1.165) is 11.4 Å². The van der Waals surface area contributed by atoms with E-state index in [2.05, 4.69) is 25.5 Å². The SMILES string of the molecule is c1cc(NCc2cn[nH]c2)ncn1. The zero-order valence-electron chi connectivity index (χ0n) is 6.94. The van der Waals surface area contributed by atoms with Gasteiger partial charge in [0.15, 0.2) is 0 Å². The Morgan fingerprint density at radius 2 is 2.46 bits per heavy atom. The fourth-order valence-corrected chi connectivity index (χ4v) is 0.962. The number of nitrogens with one attached hydrogen (secondary N) is 2. The lowest BCUT2D eigenvalue weighted by atomic mass is 10.3. The van der Waals surface area contributed by atoms with Gasteiger partial charge >= 0.3 is 0 Å². The van der Waals surface area contributed by atoms with Crippen LogP contribution in [0.3, 0.4) is 0 Å². The summed E-state index contributed by atoms with van der Waals surface area (Å²) in [5, 5.41) is 9.72. The lowest BCUT2D eigenvalue weighted by Gasteiger charge is -2.01. The maximum Gasteiger partial charge on any atom is 0.129 e. The van der Waals surface area contributed by atoms with Gasteiger partial charge in [-0.05, 0) is 6.07 Å². The van der Waals surface area contributed by atoms with E-state index < -0.39 is 0 Å². The highest BCUT2D eigenvalue weighted by molar-refractivity contribution is 5.32. The van der Waals surface area contributed by atoms with Crippen molar-refractivity contribution >= 4 is 5.82 Å². The van der Waals surface area contributed by atoms with Crippen LogP contribution in [0.4, 0.5) is 5.82 Å². The van der Waals surface area contributed by atoms with Crippen molar-refractivity contribution < 1.29 is 0 Å². The molecule has 13 heavy (non-hydrogen) atoms. The average molecular weight is 175 g/mol. The van der Waals surface area contributed by atoms with E-state index in [1.165, 1.54) is 6.33 Å². The molecule has 0 spiro atoms. The minimum atomic E-state index is 0.716. The summed E-state index contributed by atoms with van der Waals surface area (Å²) >= 11 is 0. The maximum atomic E-state index is 4.03. The number of aromatic amines is 1. The number of H-pyrrole nitrogens is 1. The molecular formula is C8H9N5. The summed E-state index contributed by atoms with van der Waals surface area (Å²) in [5.41, 5.74) is 1.10. The minimum Gasteiger partial charge on any atom is -0.366 e. The van der Waals surface area contributed by atoms with Crippen molar-refractivity contribution in [2.24, 2.45) is 0 Å². The molecule has 2 N–H and O–H groups in total. The molecule has 0 bridgehead atoms. The fourth-order valence-electron chi connectivity index (χ4n) is 0.962. The number of aromatic nitrogens is 4. The average Bonchev–Trinajstić information content (AvgIpc) is 2.69. The van der Waals surface area contributed by atoms with Crippen molar-refractivity contribution in [3.8, 4) is 0 Å². The number of hydrogen-bond acceptors (Lipinski definition) is 4. The zero-order valence-corrected chi connectivity index (χ0v) is 6.94. The summed E-state index contributed by atoms with van der Waals surface area (Å²) in [7, 11) is 0. The molecule has 2 heterocycles. The third-order valence-electron chi connectivity index (χ3n) is 1.61. The second kappa shape index (κ2) is 3.66. The highest BCUT2D eigenvalue weighted by Crippen LogP contribution is 2.01. The Labute approximate surface area is 75.2 Å². The van der Waals surface area contributed by atoms with Gasteiger partial charge in [0.05, 0.1) is 6.20 Å². The smallest absolute Gasteiger partial charge is 0.129 e. The molecule has 2 aromatic rings. The van der Waals surface area contributed by atoms with Crippen molar-refractivity contribution in [2.75, 3.05) is 5.32 Å². The van der Waals surface area contributed by atoms with Crippen molar-refractivity contribution in [3.63, 3.8) is 0 Å². The van der Waals surface area contributed by atoms with Gasteiger partial charge in [0.25, 0.3) is 0 Å². The lowest BCUT2D eigenvalue weighted by Crippen LogP contribution is -1.99. The van der Waals surface area contributed by atoms with Crippen LogP contribution in [-0.2, 0) is 6.54 Å². The van der Waals surface area contributed by atoms with Crippen molar-refractivity contribution in [2.45, 2.75) is 6.54 Å². The largest absolute Gasteiger partial charge is 0.366 e. The molecule has 66 valence electrons. The fraction of sp³-hybridized carbons (Fsp3) is 0.125. The first-order valence-corrected chi connectivity index (χ1v) is 3.93. The number of nitrogens with zero attached hydrogens (tertiary/aromatic N) is 3. The molecule has 0 aliphatic carbocycles. The van der Waals surface area contributed by atoms with E-state index in [-0.39, 0.29) is 0 Å². The van der Waals surface area contributed by atoms with Crippen molar-refractivity contribution in [3.05, 3.63) is 36.5 Å². The summed E-state index contributed by atoms with van der Waals surface area (Å²) < 4.78 is 0. The van der Waals surface area contributed by atoms with Gasteiger partial charge in [0, 0.05) is 24.5 Å². The van der Waals surface area contributed by atoms with E-state index in [4.69, 9.17) is 0 Å². The molecule has 0 aliphatic rings. The second-order valence-corrected chi connectivity index (χ2v) is 2.55. The maximum absolute atomic E-state index is 4.03. The molecule has 2 rings (SSSR count). The molecule has 5 heteroatoms. The predicted octanol–water partition coefficient (Wildman–Crippen LogP) is 0.812. The van der Waals surface area contributed by atoms with Gasteiger partial charge in [0.2, 0.25) is 0 Å². The molecule has 0 atom stereocenters. The Hall–Kier alpha value is -1.91. The Morgan fingerprint density at radius 3 is 3.15 bits per heavy atom. The van der Waals surface area contributed by atoms with E-state index in [1.54, 1.807) is 12.4 Å². The first-order chi connectivity index (χ1) is 6.45. The second-order valence-electron chi connectivity index (χ2n) is 2.55. The molecule has 2 aromatic heterocycles. The minimum absolute atomic E-state index is 0.716. The van der Waals surface area contributed by atoms with Crippen molar-refractivity contribution in [1.29, 1.82) is 0 Å². The molecule has 0 unspecified atom stereocenters. The van der Waals surface area contributed by atoms with E-state index in [1.807, 2.05) is 12.3 Å². The lowest BCUT2D eigenvalue weighted by molar-refractivity contribution is 1.08. The van der Waals surface area contributed by atoms with Gasteiger partial charge in [-0.25, -0.2) is 9.97 Å². The molecule has 0 fully saturated rings. The first-order valence-electron chi connectivity index (χ1n) is 3.93. The summed E-state index contributed by atoms with van der Waals surface area (Å²) in [4.78, 5) is 7.85. The van der Waals surface area contributed by atoms with Gasteiger partial charge in [-0.1, -0.05) is 0 Å². The van der Waals surface area contributed by atoms with E-state index in [9.17, 15) is 0 Å². The molecule has 0 aromatic carbocycles. The monoisotopic (exact) mass is 175 g/mol. The highest BCUT2D eigenvalue weighted by Gasteiger charge is 1.94. The summed E-state index contributed by atoms with van der Waals surface area (Å²) in [6.45, 7) is 0.716. The number of anilines is 1. The highest BCUT2D eigenvalue weighted by atomic mass is 15.1. The van der Waals surface area contributed by atoms with Crippen LogP contribution in [0, 0.1) is 0 Å². The Bertz CT molecular complexity index is 342. The van der Waals surface area contributed by atoms with Gasteiger partial charge < -0.3 is 5.32 Å². The topological polar surface area (TPSA) is 66.5 Å². The number of rotatable bonds is 3. The Kier molecular flexibility index (Phi) is 2.18. The normalized spacial score (nSPS) is 9.85. The van der Waals surface area contributed by atoms with Crippen LogP contribution in [0.2, 0.25) is 0 Å². The van der Waals surface area contributed by atoms with Crippen LogP contribution in [0.25, 0.3) is 0 Å². The Balaban J connectivity index is 1.94. The molecule has 5 nitrogen and oxygen atoms in total. The van der Waals surface area contributed by atoms with Gasteiger partial charge in [-0.15, -0.1) is 0 Å². The van der Waals surface area contributed by atoms with Crippen LogP contribution in [0.1, 0.15) is 5.56 Å². The van der Waals surface area contributed by atoms with Crippen LogP contribution in [-0.4, -0.2) is 20.2 Å². The van der Waals surface area contributed by atoms with Crippen LogP contribution in [0.5, 0.6) is 0 Å². The zero-order chi connectivity index (χ0) is 8.93. The molecule has 0 saturated heterocycles. The van der Waals surface area contributed by atoms with Crippen LogP contribution >= 0.6 is 0 Å². The molecule has 0 saturated carbocycles. The summed E-state index contributed by atoms with van der Waals surface area (Å²) in [5.74, 6) is 0.816. The molecular weight excluding hydrogens is 166 g/mol. The van der Waals surface area contributed by atoms with E-state index >= 15 is 0 Å². The van der Waals surface area contributed by atoms with Crippen LogP contribution in [0.15, 0.2) is 31.0 Å². The summed E-state index contributed by atoms with van der Waals surface area (Å²) in [6, 6.07) is 1.82. The van der Waals surface area contributed by atoms with Crippen LogP contribution < -0.4 is 5.32 Å². The standard InChI is InChI=1S/C8H9N5/c1-2-9-6-11-8(1)10-3-7-4-12-13-5-7/h1-2,4-6H,3H2,(H,12,13)(H,9,10,11). The molecule has 0 radical (unpaired) electrons. The number of hydrogen-bond donors (Lipinski definition) is 2. The third kappa shape index (κ3) is 2.02.